The first kappa shape index (κ1) is 22.7. The van der Waals surface area contributed by atoms with Gasteiger partial charge in [0.25, 0.3) is 0 Å². The van der Waals surface area contributed by atoms with Gasteiger partial charge in [-0.1, -0.05) is 12.1 Å². The van der Waals surface area contributed by atoms with Crippen LogP contribution in [0.15, 0.2) is 41.7 Å². The van der Waals surface area contributed by atoms with E-state index in [2.05, 4.69) is 25.6 Å². The van der Waals surface area contributed by atoms with Gasteiger partial charge in [0.2, 0.25) is 0 Å². The van der Waals surface area contributed by atoms with Crippen LogP contribution < -0.4 is 15.4 Å². The predicted molar refractivity (Wildman–Crippen MR) is 116 cm³/mol. The Morgan fingerprint density at radius 3 is 2.79 bits per heavy atom. The standard InChI is InChI=1S/C21H34N6O2/c1-6-22-20(24-16-21(2,28)18-14-25-27(5)15-18)23-13-17-8-7-9-19(12-17)29-11-10-26(3)4/h7-9,12,14-15,28H,6,10-11,13,16H2,1-5H3,(H2,22,23,24). The van der Waals surface area contributed by atoms with Gasteiger partial charge in [0, 0.05) is 31.9 Å². The second kappa shape index (κ2) is 10.8. The molecule has 1 aromatic carbocycles. The Labute approximate surface area is 173 Å². The van der Waals surface area contributed by atoms with Crippen molar-refractivity contribution in [1.29, 1.82) is 0 Å². The molecule has 2 aromatic rings. The van der Waals surface area contributed by atoms with Crippen molar-refractivity contribution in [3.8, 4) is 5.75 Å². The fourth-order valence-electron chi connectivity index (χ4n) is 2.65. The molecule has 3 N–H and O–H groups in total. The molecule has 8 nitrogen and oxygen atoms in total. The van der Waals surface area contributed by atoms with E-state index in [1.807, 2.05) is 58.5 Å². The zero-order chi connectivity index (χ0) is 21.3. The van der Waals surface area contributed by atoms with E-state index < -0.39 is 5.60 Å². The van der Waals surface area contributed by atoms with E-state index in [-0.39, 0.29) is 0 Å². The highest BCUT2D eigenvalue weighted by molar-refractivity contribution is 5.79. The Morgan fingerprint density at radius 1 is 1.34 bits per heavy atom. The summed E-state index contributed by atoms with van der Waals surface area (Å²) in [4.78, 5) is 6.72. The zero-order valence-corrected chi connectivity index (χ0v) is 18.1. The fourth-order valence-corrected chi connectivity index (χ4v) is 2.65. The number of ether oxygens (including phenoxy) is 1. The van der Waals surface area contributed by atoms with Crippen molar-refractivity contribution in [1.82, 2.24) is 25.3 Å². The highest BCUT2D eigenvalue weighted by Gasteiger charge is 2.24. The third-order valence-electron chi connectivity index (χ3n) is 4.40. The van der Waals surface area contributed by atoms with E-state index in [0.717, 1.165) is 30.0 Å². The van der Waals surface area contributed by atoms with Gasteiger partial charge in [-0.05, 0) is 45.6 Å². The molecule has 0 fully saturated rings. The number of nitrogens with one attached hydrogen (secondary N) is 2. The molecular formula is C21H34N6O2. The summed E-state index contributed by atoms with van der Waals surface area (Å²) in [5.74, 6) is 1.49. The summed E-state index contributed by atoms with van der Waals surface area (Å²) < 4.78 is 7.47. The maximum absolute atomic E-state index is 10.7. The van der Waals surface area contributed by atoms with Crippen molar-refractivity contribution in [2.45, 2.75) is 26.0 Å². The summed E-state index contributed by atoms with van der Waals surface area (Å²) >= 11 is 0. The molecule has 1 aromatic heterocycles. The summed E-state index contributed by atoms with van der Waals surface area (Å²) in [5.41, 5.74) is 0.763. The van der Waals surface area contributed by atoms with Crippen LogP contribution in [-0.2, 0) is 19.2 Å². The Bertz CT molecular complexity index is 785. The zero-order valence-electron chi connectivity index (χ0n) is 18.1. The third-order valence-corrected chi connectivity index (χ3v) is 4.40. The number of rotatable bonds is 10. The Hall–Kier alpha value is -2.58. The largest absolute Gasteiger partial charge is 0.492 e. The van der Waals surface area contributed by atoms with Gasteiger partial charge in [-0.25, -0.2) is 4.99 Å². The molecule has 0 bridgehead atoms. The summed E-state index contributed by atoms with van der Waals surface area (Å²) in [6.45, 7) is 6.84. The Balaban J connectivity index is 1.96. The topological polar surface area (TPSA) is 86.9 Å². The second-order valence-corrected chi connectivity index (χ2v) is 7.52. The van der Waals surface area contributed by atoms with Crippen LogP contribution in [-0.4, -0.2) is 66.1 Å². The lowest BCUT2D eigenvalue weighted by molar-refractivity contribution is 0.0616. The summed E-state index contributed by atoms with van der Waals surface area (Å²) in [7, 11) is 5.88. The minimum Gasteiger partial charge on any atom is -0.492 e. The van der Waals surface area contributed by atoms with Gasteiger partial charge < -0.3 is 25.4 Å². The highest BCUT2D eigenvalue weighted by atomic mass is 16.5. The lowest BCUT2D eigenvalue weighted by Crippen LogP contribution is -2.44. The number of aryl methyl sites for hydroxylation is 1. The predicted octanol–water partition coefficient (Wildman–Crippen LogP) is 1.32. The van der Waals surface area contributed by atoms with Crippen molar-refractivity contribution >= 4 is 5.96 Å². The van der Waals surface area contributed by atoms with Crippen LogP contribution in [0.3, 0.4) is 0 Å². The number of aliphatic hydroxyl groups is 1. The number of benzene rings is 1. The summed E-state index contributed by atoms with van der Waals surface area (Å²) in [6, 6.07) is 7.97. The molecule has 0 radical (unpaired) electrons. The van der Waals surface area contributed by atoms with Crippen molar-refractivity contribution < 1.29 is 9.84 Å². The van der Waals surface area contributed by atoms with E-state index in [0.29, 0.717) is 25.7 Å². The molecule has 160 valence electrons. The van der Waals surface area contributed by atoms with E-state index in [4.69, 9.17) is 4.74 Å². The molecule has 0 amide bonds. The quantitative estimate of drug-likeness (QED) is 0.411. The summed E-state index contributed by atoms with van der Waals surface area (Å²) in [6.07, 6.45) is 3.49. The van der Waals surface area contributed by atoms with Gasteiger partial charge in [-0.15, -0.1) is 0 Å². The number of aliphatic imine (C=N–C) groups is 1. The minimum atomic E-state index is -1.05. The molecule has 0 aliphatic carbocycles. The average molecular weight is 403 g/mol. The lowest BCUT2D eigenvalue weighted by Gasteiger charge is -2.23. The van der Waals surface area contributed by atoms with Crippen molar-refractivity contribution in [3.05, 3.63) is 47.8 Å². The van der Waals surface area contributed by atoms with Gasteiger partial charge in [-0.3, -0.25) is 4.68 Å². The van der Waals surface area contributed by atoms with Crippen LogP contribution >= 0.6 is 0 Å². The average Bonchev–Trinajstić information content (AvgIpc) is 3.11. The van der Waals surface area contributed by atoms with Gasteiger partial charge >= 0.3 is 0 Å². The van der Waals surface area contributed by atoms with Crippen LogP contribution in [0, 0.1) is 0 Å². The van der Waals surface area contributed by atoms with Gasteiger partial charge in [-0.2, -0.15) is 5.10 Å². The van der Waals surface area contributed by atoms with Gasteiger partial charge in [0.1, 0.15) is 18.0 Å². The molecule has 1 atom stereocenters. The molecule has 0 aliphatic rings. The van der Waals surface area contributed by atoms with Crippen LogP contribution in [0.1, 0.15) is 25.0 Å². The molecule has 0 spiro atoms. The van der Waals surface area contributed by atoms with Crippen LogP contribution in [0.25, 0.3) is 0 Å². The second-order valence-electron chi connectivity index (χ2n) is 7.52. The molecular weight excluding hydrogens is 368 g/mol. The van der Waals surface area contributed by atoms with Crippen molar-refractivity contribution in [2.24, 2.45) is 12.0 Å². The Morgan fingerprint density at radius 2 is 2.14 bits per heavy atom. The first-order valence-corrected chi connectivity index (χ1v) is 9.90. The van der Waals surface area contributed by atoms with E-state index >= 15 is 0 Å². The maximum atomic E-state index is 10.7. The van der Waals surface area contributed by atoms with Crippen molar-refractivity contribution in [2.75, 3.05) is 40.3 Å². The normalized spacial score (nSPS) is 14.0. The van der Waals surface area contributed by atoms with Gasteiger partial charge in [0.15, 0.2) is 5.96 Å². The molecule has 1 heterocycles. The number of hydrogen-bond donors (Lipinski definition) is 3. The first-order chi connectivity index (χ1) is 13.8. The number of aromatic nitrogens is 2. The monoisotopic (exact) mass is 402 g/mol. The van der Waals surface area contributed by atoms with E-state index in [9.17, 15) is 5.11 Å². The van der Waals surface area contributed by atoms with Crippen molar-refractivity contribution in [3.63, 3.8) is 0 Å². The molecule has 0 saturated carbocycles. The lowest BCUT2D eigenvalue weighted by atomic mass is 10.00. The van der Waals surface area contributed by atoms with Crippen LogP contribution in [0.5, 0.6) is 5.75 Å². The van der Waals surface area contributed by atoms with E-state index in [1.165, 1.54) is 0 Å². The van der Waals surface area contributed by atoms with Crippen LogP contribution in [0.4, 0.5) is 0 Å². The first-order valence-electron chi connectivity index (χ1n) is 9.90. The molecule has 29 heavy (non-hydrogen) atoms. The third kappa shape index (κ3) is 7.75. The van der Waals surface area contributed by atoms with E-state index in [1.54, 1.807) is 17.8 Å². The highest BCUT2D eigenvalue weighted by Crippen LogP contribution is 2.18. The number of likely N-dealkylation sites (N-methyl/N-ethyl adjacent to an activating group) is 1. The fraction of sp³-hybridized carbons (Fsp3) is 0.524. The molecule has 1 unspecified atom stereocenters. The van der Waals surface area contributed by atoms with Crippen LogP contribution in [0.2, 0.25) is 0 Å². The molecule has 2 rings (SSSR count). The SMILES string of the molecule is CCNC(=NCc1cccc(OCCN(C)C)c1)NCC(C)(O)c1cnn(C)c1. The maximum Gasteiger partial charge on any atom is 0.191 e. The molecule has 8 heteroatoms. The molecule has 0 saturated heterocycles. The van der Waals surface area contributed by atoms with Gasteiger partial charge in [0.05, 0.1) is 19.3 Å². The number of hydrogen-bond acceptors (Lipinski definition) is 5. The number of guanidine groups is 1. The molecule has 0 aliphatic heterocycles. The summed E-state index contributed by atoms with van der Waals surface area (Å²) in [5, 5.41) is 21.3. The number of nitrogens with zero attached hydrogens (tertiary/aromatic N) is 4. The minimum absolute atomic E-state index is 0.318. The smallest absolute Gasteiger partial charge is 0.191 e. The Kier molecular flexibility index (Phi) is 8.48.